The minimum absolute atomic E-state index is 0.212. The summed E-state index contributed by atoms with van der Waals surface area (Å²) in [4.78, 5) is 20.9. The Hall–Kier alpha value is -1.98. The molecule has 2 rings (SSSR count). The highest BCUT2D eigenvalue weighted by Crippen LogP contribution is 1.89. The minimum Gasteiger partial charge on any atom is -0.291 e. The lowest BCUT2D eigenvalue weighted by molar-refractivity contribution is 0.800. The molecule has 0 aliphatic carbocycles. The summed E-state index contributed by atoms with van der Waals surface area (Å²) in [6.45, 7) is 0. The number of aromatic amines is 1. The number of H-pyrrole nitrogens is 1. The molecule has 0 aliphatic heterocycles. The van der Waals surface area contributed by atoms with Gasteiger partial charge in [-0.3, -0.25) is 9.78 Å². The zero-order valence-electron chi connectivity index (χ0n) is 6.01. The molecule has 0 radical (unpaired) electrons. The van der Waals surface area contributed by atoms with Crippen molar-refractivity contribution < 1.29 is 0 Å². The van der Waals surface area contributed by atoms with Crippen LogP contribution in [-0.4, -0.2) is 24.7 Å². The van der Waals surface area contributed by atoms with Crippen molar-refractivity contribution in [2.24, 2.45) is 0 Å². The van der Waals surface area contributed by atoms with E-state index in [9.17, 15) is 4.79 Å². The van der Waals surface area contributed by atoms with Crippen molar-refractivity contribution in [1.82, 2.24) is 24.7 Å². The Kier molecular flexibility index (Phi) is 1.44. The van der Waals surface area contributed by atoms with Gasteiger partial charge in [0, 0.05) is 12.3 Å². The average molecular weight is 163 g/mol. The Morgan fingerprint density at radius 3 is 3.08 bits per heavy atom. The van der Waals surface area contributed by atoms with Gasteiger partial charge in [0.25, 0.3) is 5.56 Å². The van der Waals surface area contributed by atoms with E-state index in [1.165, 1.54) is 29.6 Å². The molecule has 0 saturated carbocycles. The smallest absolute Gasteiger partial charge is 0.252 e. The molecule has 6 heteroatoms. The monoisotopic (exact) mass is 163 g/mol. The third-order valence-corrected chi connectivity index (χ3v) is 1.29. The number of rotatable bonds is 1. The second-order valence-electron chi connectivity index (χ2n) is 2.10. The lowest BCUT2D eigenvalue weighted by Crippen LogP contribution is -2.11. The van der Waals surface area contributed by atoms with E-state index in [1.54, 1.807) is 0 Å². The summed E-state index contributed by atoms with van der Waals surface area (Å²) in [6, 6.07) is 1.33. The van der Waals surface area contributed by atoms with Crippen LogP contribution >= 0.6 is 0 Å². The van der Waals surface area contributed by atoms with E-state index in [4.69, 9.17) is 0 Å². The predicted molar refractivity (Wildman–Crippen MR) is 39.8 cm³/mol. The van der Waals surface area contributed by atoms with Crippen LogP contribution in [0.5, 0.6) is 0 Å². The molecule has 60 valence electrons. The summed E-state index contributed by atoms with van der Waals surface area (Å²) in [7, 11) is 0. The highest BCUT2D eigenvalue weighted by Gasteiger charge is 1.96. The summed E-state index contributed by atoms with van der Waals surface area (Å²) >= 11 is 0. The van der Waals surface area contributed by atoms with Crippen LogP contribution in [0.15, 0.2) is 29.7 Å². The Morgan fingerprint density at radius 1 is 1.50 bits per heavy atom. The molecule has 0 amide bonds. The van der Waals surface area contributed by atoms with Gasteiger partial charge in [-0.05, 0) is 0 Å². The third-order valence-electron chi connectivity index (χ3n) is 1.29. The first-order chi connectivity index (χ1) is 5.86. The number of nitrogens with one attached hydrogen (secondary N) is 1. The average Bonchev–Trinajstić information content (AvgIpc) is 2.56. The molecule has 0 aliphatic rings. The molecule has 6 nitrogen and oxygen atoms in total. The van der Waals surface area contributed by atoms with Crippen molar-refractivity contribution >= 4 is 0 Å². The second-order valence-corrected chi connectivity index (χ2v) is 2.10. The molecule has 2 aromatic rings. The molecular formula is C6H5N5O. The fourth-order valence-electron chi connectivity index (χ4n) is 0.794. The van der Waals surface area contributed by atoms with Gasteiger partial charge < -0.3 is 0 Å². The van der Waals surface area contributed by atoms with Crippen LogP contribution in [0.2, 0.25) is 0 Å². The van der Waals surface area contributed by atoms with E-state index in [2.05, 4.69) is 20.1 Å². The number of hydrogen-bond donors (Lipinski definition) is 1. The van der Waals surface area contributed by atoms with E-state index < -0.39 is 0 Å². The molecule has 0 aromatic carbocycles. The summed E-state index contributed by atoms with van der Waals surface area (Å²) in [5.41, 5.74) is -0.212. The molecule has 1 N–H and O–H groups in total. The van der Waals surface area contributed by atoms with Gasteiger partial charge in [-0.15, -0.1) is 0 Å². The van der Waals surface area contributed by atoms with Gasteiger partial charge in [-0.2, -0.15) is 9.78 Å². The summed E-state index contributed by atoms with van der Waals surface area (Å²) in [6.07, 6.45) is 4.24. The van der Waals surface area contributed by atoms with Gasteiger partial charge in [0.15, 0.2) is 0 Å². The van der Waals surface area contributed by atoms with Crippen molar-refractivity contribution in [3.05, 3.63) is 35.3 Å². The molecule has 0 spiro atoms. The van der Waals surface area contributed by atoms with Crippen LogP contribution in [-0.2, 0) is 0 Å². The lowest BCUT2D eigenvalue weighted by Gasteiger charge is -1.95. The summed E-state index contributed by atoms with van der Waals surface area (Å²) in [5.74, 6) is 0.361. The lowest BCUT2D eigenvalue weighted by atomic mass is 10.6. The molecular weight excluding hydrogens is 158 g/mol. The maximum Gasteiger partial charge on any atom is 0.252 e. The normalized spacial score (nSPS) is 10.0. The van der Waals surface area contributed by atoms with Gasteiger partial charge >= 0.3 is 0 Å². The third kappa shape index (κ3) is 1.09. The second kappa shape index (κ2) is 2.57. The molecule has 12 heavy (non-hydrogen) atoms. The van der Waals surface area contributed by atoms with Gasteiger partial charge in [-0.1, -0.05) is 0 Å². The maximum absolute atomic E-state index is 10.8. The molecule has 2 aromatic heterocycles. The van der Waals surface area contributed by atoms with E-state index in [0.717, 1.165) is 0 Å². The van der Waals surface area contributed by atoms with E-state index in [0.29, 0.717) is 5.95 Å². The minimum atomic E-state index is -0.212. The van der Waals surface area contributed by atoms with Crippen LogP contribution in [0.1, 0.15) is 0 Å². The first kappa shape index (κ1) is 6.71. The summed E-state index contributed by atoms with van der Waals surface area (Å²) < 4.78 is 1.38. The fourth-order valence-corrected chi connectivity index (χ4v) is 0.794. The van der Waals surface area contributed by atoms with E-state index in [1.807, 2.05) is 0 Å². The Balaban J connectivity index is 2.55. The first-order valence-electron chi connectivity index (χ1n) is 3.26. The topological polar surface area (TPSA) is 76.5 Å². The molecule has 0 unspecified atom stereocenters. The molecule has 0 bridgehead atoms. The van der Waals surface area contributed by atoms with Gasteiger partial charge in [0.05, 0.1) is 0 Å². The zero-order valence-corrected chi connectivity index (χ0v) is 6.01. The maximum atomic E-state index is 10.8. The van der Waals surface area contributed by atoms with Gasteiger partial charge in [0.2, 0.25) is 5.95 Å². The van der Waals surface area contributed by atoms with E-state index >= 15 is 0 Å². The molecule has 0 fully saturated rings. The van der Waals surface area contributed by atoms with Crippen LogP contribution in [0, 0.1) is 0 Å². The van der Waals surface area contributed by atoms with Crippen molar-refractivity contribution in [2.75, 3.05) is 0 Å². The SMILES string of the molecule is O=c1ccnc(-n2cncn2)[nH]1. The number of nitrogens with zero attached hydrogens (tertiary/aromatic N) is 4. The Morgan fingerprint density at radius 2 is 2.42 bits per heavy atom. The van der Waals surface area contributed by atoms with E-state index in [-0.39, 0.29) is 5.56 Å². The largest absolute Gasteiger partial charge is 0.291 e. The number of aromatic nitrogens is 5. The molecule has 0 saturated heterocycles. The summed E-state index contributed by atoms with van der Waals surface area (Å²) in [5, 5.41) is 3.80. The fraction of sp³-hybridized carbons (Fsp3) is 0. The van der Waals surface area contributed by atoms with Crippen molar-refractivity contribution in [3.8, 4) is 5.95 Å². The van der Waals surface area contributed by atoms with Crippen molar-refractivity contribution in [2.45, 2.75) is 0 Å². The highest BCUT2D eigenvalue weighted by molar-refractivity contribution is 5.04. The van der Waals surface area contributed by atoms with Gasteiger partial charge in [-0.25, -0.2) is 9.97 Å². The van der Waals surface area contributed by atoms with Crippen LogP contribution in [0.3, 0.4) is 0 Å². The molecule has 2 heterocycles. The van der Waals surface area contributed by atoms with Gasteiger partial charge in [0.1, 0.15) is 12.7 Å². The Labute approximate surface area is 66.9 Å². The standard InChI is InChI=1S/C6H5N5O/c12-5-1-2-8-6(10-5)11-4-7-3-9-11/h1-4H,(H,8,10,12). The first-order valence-corrected chi connectivity index (χ1v) is 3.26. The predicted octanol–water partition coefficient (Wildman–Crippen LogP) is -0.649. The zero-order chi connectivity index (χ0) is 8.39. The van der Waals surface area contributed by atoms with Crippen LogP contribution in [0.25, 0.3) is 5.95 Å². The van der Waals surface area contributed by atoms with Crippen LogP contribution in [0.4, 0.5) is 0 Å². The van der Waals surface area contributed by atoms with Crippen LogP contribution < -0.4 is 5.56 Å². The molecule has 0 atom stereocenters. The quantitative estimate of drug-likeness (QED) is 0.606. The number of hydrogen-bond acceptors (Lipinski definition) is 4. The highest BCUT2D eigenvalue weighted by atomic mass is 16.1. The van der Waals surface area contributed by atoms with Crippen molar-refractivity contribution in [3.63, 3.8) is 0 Å². The van der Waals surface area contributed by atoms with Crippen molar-refractivity contribution in [1.29, 1.82) is 0 Å². The Bertz CT molecular complexity index is 418.